The van der Waals surface area contributed by atoms with E-state index in [4.69, 9.17) is 9.47 Å². The minimum atomic E-state index is -0.679. The van der Waals surface area contributed by atoms with Gasteiger partial charge in [-0.25, -0.2) is 0 Å². The Bertz CT molecular complexity index is 100. The lowest BCUT2D eigenvalue weighted by Gasteiger charge is -2.17. The van der Waals surface area contributed by atoms with Crippen LogP contribution < -0.4 is 0 Å². The summed E-state index contributed by atoms with van der Waals surface area (Å²) in [6, 6.07) is 0. The van der Waals surface area contributed by atoms with Gasteiger partial charge < -0.3 is 14.6 Å². The van der Waals surface area contributed by atoms with Gasteiger partial charge in [0.1, 0.15) is 0 Å². The molecular weight excluding hydrogens is 271 g/mol. The number of aliphatic hydroxyl groups is 1. The van der Waals surface area contributed by atoms with E-state index >= 15 is 0 Å². The molecule has 0 aromatic heterocycles. The van der Waals surface area contributed by atoms with Crippen LogP contribution in [-0.4, -0.2) is 35.1 Å². The van der Waals surface area contributed by atoms with Gasteiger partial charge in [0.15, 0.2) is 6.29 Å². The number of hydrogen-bond acceptors (Lipinski definition) is 3. The van der Waals surface area contributed by atoms with E-state index in [1.807, 2.05) is 13.8 Å². The molecule has 12 heavy (non-hydrogen) atoms. The van der Waals surface area contributed by atoms with Crippen molar-refractivity contribution in [1.29, 1.82) is 0 Å². The molecule has 2 unspecified atom stereocenters. The Morgan fingerprint density at radius 3 is 2.25 bits per heavy atom. The summed E-state index contributed by atoms with van der Waals surface area (Å²) >= 11 is 2.24. The van der Waals surface area contributed by atoms with E-state index in [0.717, 1.165) is 4.43 Å². The van der Waals surface area contributed by atoms with Crippen molar-refractivity contribution < 1.29 is 14.6 Å². The standard InChI is InChI=1S/C8H17IO3/c1-3-11-7(6-9)5-8(10)12-4-2/h7-8,10H,3-6H2,1-2H3. The van der Waals surface area contributed by atoms with E-state index in [9.17, 15) is 5.11 Å². The monoisotopic (exact) mass is 288 g/mol. The molecule has 0 saturated heterocycles. The Hall–Kier alpha value is 0.610. The summed E-state index contributed by atoms with van der Waals surface area (Å²) in [5, 5.41) is 9.27. The lowest BCUT2D eigenvalue weighted by molar-refractivity contribution is -0.119. The molecule has 0 saturated carbocycles. The Labute approximate surface area is 87.6 Å². The molecule has 0 aliphatic carbocycles. The lowest BCUT2D eigenvalue weighted by atomic mass is 10.3. The fourth-order valence-electron chi connectivity index (χ4n) is 0.897. The molecule has 0 radical (unpaired) electrons. The molecule has 0 bridgehead atoms. The summed E-state index contributed by atoms with van der Waals surface area (Å²) in [5.41, 5.74) is 0. The van der Waals surface area contributed by atoms with E-state index in [1.54, 1.807) is 0 Å². The minimum Gasteiger partial charge on any atom is -0.378 e. The van der Waals surface area contributed by atoms with Crippen molar-refractivity contribution in [2.75, 3.05) is 17.6 Å². The minimum absolute atomic E-state index is 0.108. The molecule has 0 aliphatic heterocycles. The van der Waals surface area contributed by atoms with Crippen molar-refractivity contribution >= 4 is 22.6 Å². The first-order chi connectivity index (χ1) is 5.74. The molecule has 0 amide bonds. The summed E-state index contributed by atoms with van der Waals surface area (Å²) in [4.78, 5) is 0. The van der Waals surface area contributed by atoms with Gasteiger partial charge >= 0.3 is 0 Å². The maximum absolute atomic E-state index is 9.27. The molecule has 0 aliphatic rings. The van der Waals surface area contributed by atoms with E-state index in [0.29, 0.717) is 19.6 Å². The quantitative estimate of drug-likeness (QED) is 0.439. The van der Waals surface area contributed by atoms with Crippen LogP contribution >= 0.6 is 22.6 Å². The normalized spacial score (nSPS) is 16.0. The zero-order valence-electron chi connectivity index (χ0n) is 7.62. The van der Waals surface area contributed by atoms with Crippen LogP contribution in [0.25, 0.3) is 0 Å². The molecule has 0 aromatic carbocycles. The van der Waals surface area contributed by atoms with E-state index in [-0.39, 0.29) is 6.10 Å². The molecule has 2 atom stereocenters. The van der Waals surface area contributed by atoms with Crippen LogP contribution in [0.5, 0.6) is 0 Å². The summed E-state index contributed by atoms with van der Waals surface area (Å²) < 4.78 is 11.2. The molecule has 0 aromatic rings. The highest BCUT2D eigenvalue weighted by atomic mass is 127. The Morgan fingerprint density at radius 1 is 1.25 bits per heavy atom. The first kappa shape index (κ1) is 12.6. The second-order valence-corrected chi connectivity index (χ2v) is 3.26. The number of ether oxygens (including phenoxy) is 2. The predicted octanol–water partition coefficient (Wildman–Crippen LogP) is 1.57. The summed E-state index contributed by atoms with van der Waals surface area (Å²) in [7, 11) is 0. The first-order valence-electron chi connectivity index (χ1n) is 4.21. The summed E-state index contributed by atoms with van der Waals surface area (Å²) in [5.74, 6) is 0. The van der Waals surface area contributed by atoms with Crippen molar-refractivity contribution in [3.05, 3.63) is 0 Å². The van der Waals surface area contributed by atoms with Crippen molar-refractivity contribution in [3.8, 4) is 0 Å². The second-order valence-electron chi connectivity index (χ2n) is 2.38. The molecule has 0 rings (SSSR count). The van der Waals surface area contributed by atoms with Crippen molar-refractivity contribution in [1.82, 2.24) is 0 Å². The zero-order valence-corrected chi connectivity index (χ0v) is 9.78. The molecule has 3 nitrogen and oxygen atoms in total. The van der Waals surface area contributed by atoms with Crippen LogP contribution in [0.15, 0.2) is 0 Å². The van der Waals surface area contributed by atoms with Gasteiger partial charge in [0.2, 0.25) is 0 Å². The first-order valence-corrected chi connectivity index (χ1v) is 5.74. The van der Waals surface area contributed by atoms with Gasteiger partial charge in [0.05, 0.1) is 6.10 Å². The van der Waals surface area contributed by atoms with Crippen LogP contribution in [0.3, 0.4) is 0 Å². The van der Waals surface area contributed by atoms with Crippen LogP contribution in [-0.2, 0) is 9.47 Å². The molecule has 1 N–H and O–H groups in total. The SMILES string of the molecule is CCOC(O)CC(CI)OCC. The molecule has 0 fully saturated rings. The fourth-order valence-corrected chi connectivity index (χ4v) is 1.51. The second kappa shape index (κ2) is 8.22. The molecule has 0 heterocycles. The average molecular weight is 288 g/mol. The Morgan fingerprint density at radius 2 is 1.83 bits per heavy atom. The van der Waals surface area contributed by atoms with Crippen molar-refractivity contribution in [2.24, 2.45) is 0 Å². The van der Waals surface area contributed by atoms with Gasteiger partial charge in [-0.2, -0.15) is 0 Å². The highest BCUT2D eigenvalue weighted by Gasteiger charge is 2.12. The van der Waals surface area contributed by atoms with Crippen LogP contribution in [0.2, 0.25) is 0 Å². The van der Waals surface area contributed by atoms with Crippen molar-refractivity contribution in [3.63, 3.8) is 0 Å². The topological polar surface area (TPSA) is 38.7 Å². The highest BCUT2D eigenvalue weighted by molar-refractivity contribution is 14.1. The predicted molar refractivity (Wildman–Crippen MR) is 56.6 cm³/mol. The van der Waals surface area contributed by atoms with Crippen LogP contribution in [0.1, 0.15) is 20.3 Å². The molecular formula is C8H17IO3. The van der Waals surface area contributed by atoms with Gasteiger partial charge in [0.25, 0.3) is 0 Å². The number of rotatable bonds is 7. The fraction of sp³-hybridized carbons (Fsp3) is 1.00. The highest BCUT2D eigenvalue weighted by Crippen LogP contribution is 2.07. The van der Waals surface area contributed by atoms with Gasteiger partial charge in [-0.3, -0.25) is 0 Å². The maximum atomic E-state index is 9.27. The third kappa shape index (κ3) is 6.16. The number of alkyl halides is 1. The van der Waals surface area contributed by atoms with E-state index in [2.05, 4.69) is 22.6 Å². The maximum Gasteiger partial charge on any atom is 0.157 e. The van der Waals surface area contributed by atoms with Crippen LogP contribution in [0.4, 0.5) is 0 Å². The Kier molecular flexibility index (Phi) is 8.64. The molecule has 4 heteroatoms. The van der Waals surface area contributed by atoms with Gasteiger partial charge in [-0.1, -0.05) is 22.6 Å². The Balaban J connectivity index is 3.53. The average Bonchev–Trinajstić information content (AvgIpc) is 2.04. The van der Waals surface area contributed by atoms with Crippen LogP contribution in [0, 0.1) is 0 Å². The lowest BCUT2D eigenvalue weighted by Crippen LogP contribution is -2.24. The zero-order chi connectivity index (χ0) is 9.40. The van der Waals surface area contributed by atoms with Crippen molar-refractivity contribution in [2.45, 2.75) is 32.7 Å². The smallest absolute Gasteiger partial charge is 0.157 e. The van der Waals surface area contributed by atoms with E-state index < -0.39 is 6.29 Å². The number of hydrogen-bond donors (Lipinski definition) is 1. The van der Waals surface area contributed by atoms with Gasteiger partial charge in [-0.15, -0.1) is 0 Å². The summed E-state index contributed by atoms with van der Waals surface area (Å²) in [6.07, 6.45) is -0.0107. The largest absolute Gasteiger partial charge is 0.378 e. The molecule has 74 valence electrons. The van der Waals surface area contributed by atoms with E-state index in [1.165, 1.54) is 0 Å². The number of halogens is 1. The third-order valence-electron chi connectivity index (χ3n) is 1.40. The molecule has 0 spiro atoms. The summed E-state index contributed by atoms with van der Waals surface area (Å²) in [6.45, 7) is 5.04. The van der Waals surface area contributed by atoms with Gasteiger partial charge in [-0.05, 0) is 13.8 Å². The third-order valence-corrected chi connectivity index (χ3v) is 2.38. The van der Waals surface area contributed by atoms with Gasteiger partial charge in [0, 0.05) is 24.1 Å². The number of aliphatic hydroxyl groups excluding tert-OH is 1.